The first-order chi connectivity index (χ1) is 14.0. The highest BCUT2D eigenvalue weighted by Crippen LogP contribution is 2.19. The van der Waals surface area contributed by atoms with Crippen LogP contribution in [0, 0.1) is 12.7 Å². The van der Waals surface area contributed by atoms with Crippen LogP contribution in [0.5, 0.6) is 0 Å². The first kappa shape index (κ1) is 23.6. The van der Waals surface area contributed by atoms with Gasteiger partial charge in [-0.3, -0.25) is 9.79 Å². The van der Waals surface area contributed by atoms with Crippen LogP contribution in [0.15, 0.2) is 47.6 Å². The Morgan fingerprint density at radius 1 is 1.20 bits per heavy atom. The number of pyridine rings is 1. The van der Waals surface area contributed by atoms with Crippen molar-refractivity contribution in [3.8, 4) is 0 Å². The van der Waals surface area contributed by atoms with Crippen molar-refractivity contribution in [1.82, 2.24) is 20.6 Å². The summed E-state index contributed by atoms with van der Waals surface area (Å²) in [4.78, 5) is 23.5. The van der Waals surface area contributed by atoms with Crippen LogP contribution in [0.1, 0.15) is 17.7 Å². The van der Waals surface area contributed by atoms with E-state index in [2.05, 4.69) is 30.9 Å². The van der Waals surface area contributed by atoms with E-state index in [-0.39, 0.29) is 35.7 Å². The number of amides is 1. The van der Waals surface area contributed by atoms with Crippen LogP contribution in [0.3, 0.4) is 0 Å². The zero-order valence-corrected chi connectivity index (χ0v) is 19.3. The summed E-state index contributed by atoms with van der Waals surface area (Å²) >= 11 is 0. The standard InChI is InChI=1S/C21H25FN6O.HI/c1-14-4-3-5-19(27-14)28-20(29)9-11-25-21(23-2)24-10-8-15-13-26-18-12-16(22)6-7-17(15)18;/h3-7,12-13,26H,8-11H2,1-2H3,(H2,23,24,25)(H,27,28,29);1H. The minimum absolute atomic E-state index is 0. The summed E-state index contributed by atoms with van der Waals surface area (Å²) in [7, 11) is 1.68. The quantitative estimate of drug-likeness (QED) is 0.217. The molecule has 0 saturated heterocycles. The van der Waals surface area contributed by atoms with Gasteiger partial charge < -0.3 is 20.9 Å². The molecule has 9 heteroatoms. The predicted octanol–water partition coefficient (Wildman–Crippen LogP) is 3.36. The molecule has 0 aliphatic rings. The van der Waals surface area contributed by atoms with Crippen LogP contribution in [-0.4, -0.2) is 42.0 Å². The second-order valence-corrected chi connectivity index (χ2v) is 6.64. The van der Waals surface area contributed by atoms with E-state index in [1.807, 2.05) is 25.3 Å². The summed E-state index contributed by atoms with van der Waals surface area (Å²) in [5.74, 6) is 0.807. The molecule has 160 valence electrons. The lowest BCUT2D eigenvalue weighted by molar-refractivity contribution is -0.116. The Balaban J connectivity index is 0.00000320. The number of nitrogens with one attached hydrogen (secondary N) is 4. The zero-order chi connectivity index (χ0) is 20.6. The topological polar surface area (TPSA) is 94.2 Å². The highest BCUT2D eigenvalue weighted by molar-refractivity contribution is 14.0. The minimum Gasteiger partial charge on any atom is -0.361 e. The van der Waals surface area contributed by atoms with E-state index in [1.54, 1.807) is 19.2 Å². The van der Waals surface area contributed by atoms with E-state index in [0.717, 1.165) is 28.6 Å². The van der Waals surface area contributed by atoms with Crippen molar-refractivity contribution < 1.29 is 9.18 Å². The maximum Gasteiger partial charge on any atom is 0.227 e. The molecule has 0 unspecified atom stereocenters. The van der Waals surface area contributed by atoms with Gasteiger partial charge in [-0.25, -0.2) is 9.37 Å². The molecule has 0 atom stereocenters. The Morgan fingerprint density at radius 2 is 2.00 bits per heavy atom. The van der Waals surface area contributed by atoms with Crippen LogP contribution in [-0.2, 0) is 11.2 Å². The van der Waals surface area contributed by atoms with Crippen molar-refractivity contribution in [3.63, 3.8) is 0 Å². The Labute approximate surface area is 192 Å². The van der Waals surface area contributed by atoms with Gasteiger partial charge in [0.25, 0.3) is 0 Å². The van der Waals surface area contributed by atoms with Gasteiger partial charge in [-0.15, -0.1) is 24.0 Å². The summed E-state index contributed by atoms with van der Waals surface area (Å²) in [5.41, 5.74) is 2.75. The SMILES string of the molecule is CN=C(NCCC(=O)Nc1cccc(C)n1)NCCc1c[nH]c2cc(F)ccc12.I. The normalized spacial score (nSPS) is 11.1. The molecule has 1 aromatic carbocycles. The van der Waals surface area contributed by atoms with E-state index in [0.29, 0.717) is 31.3 Å². The van der Waals surface area contributed by atoms with Gasteiger partial charge in [-0.05, 0) is 49.2 Å². The van der Waals surface area contributed by atoms with Gasteiger partial charge in [-0.2, -0.15) is 0 Å². The van der Waals surface area contributed by atoms with Crippen molar-refractivity contribution >= 4 is 52.6 Å². The smallest absolute Gasteiger partial charge is 0.227 e. The first-order valence-electron chi connectivity index (χ1n) is 9.48. The lowest BCUT2D eigenvalue weighted by Crippen LogP contribution is -2.39. The number of nitrogens with zero attached hydrogens (tertiary/aromatic N) is 2. The highest BCUT2D eigenvalue weighted by Gasteiger charge is 2.07. The van der Waals surface area contributed by atoms with Crippen LogP contribution in [0.4, 0.5) is 10.2 Å². The summed E-state index contributed by atoms with van der Waals surface area (Å²) in [6.45, 7) is 2.98. The number of halogens is 2. The van der Waals surface area contributed by atoms with Crippen LogP contribution in [0.2, 0.25) is 0 Å². The van der Waals surface area contributed by atoms with Crippen LogP contribution >= 0.6 is 24.0 Å². The molecular formula is C21H26FIN6O. The summed E-state index contributed by atoms with van der Waals surface area (Å²) in [6, 6.07) is 10.2. The highest BCUT2D eigenvalue weighted by atomic mass is 127. The largest absolute Gasteiger partial charge is 0.361 e. The summed E-state index contributed by atoms with van der Waals surface area (Å²) in [6.07, 6.45) is 2.95. The molecule has 3 rings (SSSR count). The maximum atomic E-state index is 13.3. The first-order valence-corrected chi connectivity index (χ1v) is 9.48. The van der Waals surface area contributed by atoms with Gasteiger partial charge in [-0.1, -0.05) is 6.07 Å². The molecule has 0 saturated carbocycles. The van der Waals surface area contributed by atoms with Gasteiger partial charge in [0.05, 0.1) is 0 Å². The minimum atomic E-state index is -0.254. The van der Waals surface area contributed by atoms with E-state index in [1.165, 1.54) is 12.1 Å². The Hall–Kier alpha value is -2.69. The number of fused-ring (bicyclic) bond motifs is 1. The molecule has 3 aromatic rings. The number of aryl methyl sites for hydroxylation is 1. The number of guanidine groups is 1. The molecular weight excluding hydrogens is 498 g/mol. The Morgan fingerprint density at radius 3 is 2.77 bits per heavy atom. The molecule has 2 heterocycles. The number of aromatic nitrogens is 2. The molecule has 2 aromatic heterocycles. The van der Waals surface area contributed by atoms with Crippen LogP contribution in [0.25, 0.3) is 10.9 Å². The number of anilines is 1. The third kappa shape index (κ3) is 6.68. The number of hydrogen-bond acceptors (Lipinski definition) is 3. The van der Waals surface area contributed by atoms with Crippen molar-refractivity contribution in [1.29, 1.82) is 0 Å². The molecule has 1 amide bonds. The van der Waals surface area contributed by atoms with Gasteiger partial charge in [0.1, 0.15) is 11.6 Å². The fourth-order valence-electron chi connectivity index (χ4n) is 3.01. The van der Waals surface area contributed by atoms with E-state index >= 15 is 0 Å². The van der Waals surface area contributed by atoms with Crippen molar-refractivity contribution in [2.75, 3.05) is 25.5 Å². The molecule has 0 radical (unpaired) electrons. The second kappa shape index (κ2) is 11.5. The van der Waals surface area contributed by atoms with E-state index in [4.69, 9.17) is 0 Å². The zero-order valence-electron chi connectivity index (χ0n) is 17.0. The number of aromatic amines is 1. The third-order valence-corrected chi connectivity index (χ3v) is 4.44. The van der Waals surface area contributed by atoms with Crippen molar-refractivity contribution in [2.45, 2.75) is 19.8 Å². The number of hydrogen-bond donors (Lipinski definition) is 4. The number of carbonyl (C=O) groups excluding carboxylic acids is 1. The number of carbonyl (C=O) groups is 1. The number of benzene rings is 1. The van der Waals surface area contributed by atoms with E-state index in [9.17, 15) is 9.18 Å². The fourth-order valence-corrected chi connectivity index (χ4v) is 3.01. The molecule has 0 bridgehead atoms. The molecule has 30 heavy (non-hydrogen) atoms. The maximum absolute atomic E-state index is 13.3. The molecule has 0 fully saturated rings. The predicted molar refractivity (Wildman–Crippen MR) is 129 cm³/mol. The fraction of sp³-hybridized carbons (Fsp3) is 0.286. The van der Waals surface area contributed by atoms with Crippen molar-refractivity contribution in [3.05, 3.63) is 59.7 Å². The average molecular weight is 524 g/mol. The van der Waals surface area contributed by atoms with Gasteiger partial charge in [0.15, 0.2) is 5.96 Å². The second-order valence-electron chi connectivity index (χ2n) is 6.64. The number of aliphatic imine (C=N–C) groups is 1. The van der Waals surface area contributed by atoms with Gasteiger partial charge >= 0.3 is 0 Å². The summed E-state index contributed by atoms with van der Waals surface area (Å²) in [5, 5.41) is 10.1. The molecule has 0 spiro atoms. The molecule has 0 aliphatic carbocycles. The number of rotatable bonds is 7. The Bertz CT molecular complexity index is 1020. The summed E-state index contributed by atoms with van der Waals surface area (Å²) < 4.78 is 13.3. The monoisotopic (exact) mass is 524 g/mol. The lowest BCUT2D eigenvalue weighted by Gasteiger charge is -2.11. The van der Waals surface area contributed by atoms with Crippen molar-refractivity contribution in [2.24, 2.45) is 4.99 Å². The number of H-pyrrole nitrogens is 1. The third-order valence-electron chi connectivity index (χ3n) is 4.44. The Kier molecular flexibility index (Phi) is 9.03. The van der Waals surface area contributed by atoms with E-state index < -0.39 is 0 Å². The molecule has 0 aliphatic heterocycles. The average Bonchev–Trinajstić information content (AvgIpc) is 3.08. The van der Waals surface area contributed by atoms with Gasteiger partial charge in [0, 0.05) is 49.4 Å². The molecule has 7 nitrogen and oxygen atoms in total. The van der Waals surface area contributed by atoms with Gasteiger partial charge in [0.2, 0.25) is 5.91 Å². The van der Waals surface area contributed by atoms with Crippen LogP contribution < -0.4 is 16.0 Å². The lowest BCUT2D eigenvalue weighted by atomic mass is 10.1. The molecule has 4 N–H and O–H groups in total.